The molecule has 3 unspecified atom stereocenters. The Labute approximate surface area is 404 Å². The molecule has 2 heterocycles. The molecule has 69 heavy (non-hydrogen) atoms. The molecule has 17 nitrogen and oxygen atoms in total. The molecule has 0 saturated carbocycles. The predicted molar refractivity (Wildman–Crippen MR) is 267 cm³/mol. The molecular weight excluding hydrogens is 903 g/mol. The fourth-order valence-corrected chi connectivity index (χ4v) is 9.73. The summed E-state index contributed by atoms with van der Waals surface area (Å²) in [5.41, 5.74) is 9.87. The molecule has 3 atom stereocenters. The molecule has 0 saturated heterocycles. The van der Waals surface area contributed by atoms with Crippen LogP contribution >= 0.6 is 0 Å². The van der Waals surface area contributed by atoms with Gasteiger partial charge in [-0.1, -0.05) is 30.4 Å². The zero-order valence-electron chi connectivity index (χ0n) is 41.1. The van der Waals surface area contributed by atoms with Gasteiger partial charge in [-0.25, -0.2) is 27.3 Å². The Morgan fingerprint density at radius 1 is 0.884 bits per heavy atom. The van der Waals surface area contributed by atoms with Crippen LogP contribution in [0.1, 0.15) is 94.2 Å². The minimum absolute atomic E-state index is 0.0205. The number of fused-ring (bicyclic) bond motifs is 4. The number of rotatable bonds is 18. The van der Waals surface area contributed by atoms with Gasteiger partial charge in [-0.3, -0.25) is 19.4 Å². The third-order valence-corrected chi connectivity index (χ3v) is 13.1. The number of amides is 3. The van der Waals surface area contributed by atoms with Crippen molar-refractivity contribution in [1.82, 2.24) is 25.2 Å². The summed E-state index contributed by atoms with van der Waals surface area (Å²) in [4.78, 5) is 71.2. The molecule has 1 aliphatic heterocycles. The van der Waals surface area contributed by atoms with E-state index in [2.05, 4.69) is 38.8 Å². The number of nitrogens with zero attached hydrogens (tertiary/aromatic N) is 2. The van der Waals surface area contributed by atoms with Crippen LogP contribution in [0, 0.1) is 20.8 Å². The van der Waals surface area contributed by atoms with Crippen molar-refractivity contribution in [3.63, 3.8) is 0 Å². The fourth-order valence-electron chi connectivity index (χ4n) is 8.22. The summed E-state index contributed by atoms with van der Waals surface area (Å²) in [6, 6.07) is 7.48. The highest BCUT2D eigenvalue weighted by atomic mass is 32.2. The molecule has 0 aliphatic carbocycles. The number of nitrogens with one attached hydrogen (secondary N) is 4. The molecule has 0 spiro atoms. The lowest BCUT2D eigenvalue weighted by atomic mass is 9.94. The molecule has 0 fully saturated rings. The van der Waals surface area contributed by atoms with Crippen molar-refractivity contribution < 1.29 is 46.6 Å². The minimum Gasteiger partial charge on any atom is -0.483 e. The van der Waals surface area contributed by atoms with Crippen molar-refractivity contribution >= 4 is 73.6 Å². The van der Waals surface area contributed by atoms with Crippen LogP contribution in [-0.2, 0) is 51.5 Å². The molecule has 0 radical (unpaired) electrons. The second-order valence-corrected chi connectivity index (χ2v) is 20.3. The minimum atomic E-state index is -4.23. The lowest BCUT2D eigenvalue weighted by molar-refractivity contribution is -0.145. The van der Waals surface area contributed by atoms with Gasteiger partial charge >= 0.3 is 12.1 Å². The van der Waals surface area contributed by atoms with Gasteiger partial charge in [-0.05, 0) is 139 Å². The van der Waals surface area contributed by atoms with E-state index in [0.29, 0.717) is 56.4 Å². The smallest absolute Gasteiger partial charge is 0.419 e. The number of methoxy groups -OCH3 is 1. The Bertz CT molecular complexity index is 2870. The molecule has 1 aromatic heterocycles. The topological polar surface area (TPSA) is 239 Å². The highest BCUT2D eigenvalue weighted by Crippen LogP contribution is 2.41. The molecule has 0 bridgehead atoms. The van der Waals surface area contributed by atoms with Crippen LogP contribution in [0.25, 0.3) is 27.9 Å². The maximum atomic E-state index is 14.2. The van der Waals surface area contributed by atoms with Crippen molar-refractivity contribution in [3.8, 4) is 5.75 Å². The van der Waals surface area contributed by atoms with Gasteiger partial charge in [0.1, 0.15) is 35.1 Å². The number of carbonyl (C=O) groups is 5. The Hall–Kier alpha value is -6.95. The first-order chi connectivity index (χ1) is 32.3. The second-order valence-electron chi connectivity index (χ2n) is 18.6. The molecule has 1 aliphatic rings. The summed E-state index contributed by atoms with van der Waals surface area (Å²) in [7, 11) is -3.06. The lowest BCUT2D eigenvalue weighted by Gasteiger charge is -2.31. The van der Waals surface area contributed by atoms with Crippen LogP contribution in [0.4, 0.5) is 4.79 Å². The van der Waals surface area contributed by atoms with Crippen LogP contribution in [0.3, 0.4) is 0 Å². The summed E-state index contributed by atoms with van der Waals surface area (Å²) in [6.45, 7) is 23.1. The Kier molecular flexibility index (Phi) is 16.6. The number of aliphatic imine (C=N–C) groups is 1. The number of carbonyl (C=O) groups excluding carboxylic acids is 5. The van der Waals surface area contributed by atoms with Gasteiger partial charge < -0.3 is 35.9 Å². The number of allylic oxidation sites excluding steroid dienone is 1. The molecule has 3 amide bonds. The van der Waals surface area contributed by atoms with Crippen molar-refractivity contribution in [3.05, 3.63) is 101 Å². The van der Waals surface area contributed by atoms with E-state index in [0.717, 1.165) is 10.9 Å². The summed E-state index contributed by atoms with van der Waals surface area (Å²) in [5, 5.41) is 9.53. The van der Waals surface area contributed by atoms with Crippen LogP contribution in [0.5, 0.6) is 5.75 Å². The van der Waals surface area contributed by atoms with E-state index < -0.39 is 75.1 Å². The monoisotopic (exact) mass is 967 g/mol. The van der Waals surface area contributed by atoms with E-state index in [9.17, 15) is 32.4 Å². The number of sulfonamides is 1. The Balaban J connectivity index is 1.40. The van der Waals surface area contributed by atoms with Crippen molar-refractivity contribution in [2.45, 2.75) is 129 Å². The quantitative estimate of drug-likeness (QED) is 0.0245. The lowest BCUT2D eigenvalue weighted by Crippen LogP contribution is -2.56. The molecule has 18 heteroatoms. The van der Waals surface area contributed by atoms with Crippen LogP contribution < -0.4 is 31.1 Å². The van der Waals surface area contributed by atoms with E-state index in [1.54, 1.807) is 59.8 Å². The van der Waals surface area contributed by atoms with Gasteiger partial charge in [0, 0.05) is 36.2 Å². The number of aromatic nitrogens is 1. The maximum Gasteiger partial charge on any atom is 0.419 e. The van der Waals surface area contributed by atoms with Crippen LogP contribution in [0.2, 0.25) is 0 Å². The SMILES string of the molecule is C=CCc1ccc2c(c1)c1cc(CC(NC(C)=O)C(=O)NC(CCCN=C(N)NS(=O)(=O)c3c(C)c(C)c4c(c3C)C=CC(C)(C)O4)C(=O)NC(CC=C)C(=O)OC)ccc1n2C(=O)OC(C)(C)C. The fraction of sp³-hybridized carbons (Fsp3) is 0.412. The molecule has 5 rings (SSSR count). The van der Waals surface area contributed by atoms with Gasteiger partial charge in [0.15, 0.2) is 0 Å². The van der Waals surface area contributed by atoms with E-state index >= 15 is 0 Å². The number of ether oxygens (including phenoxy) is 3. The Morgan fingerprint density at radius 2 is 1.49 bits per heavy atom. The zero-order chi connectivity index (χ0) is 51.2. The summed E-state index contributed by atoms with van der Waals surface area (Å²) < 4.78 is 48.3. The molecule has 6 N–H and O–H groups in total. The average molecular weight is 968 g/mol. The third-order valence-electron chi connectivity index (χ3n) is 11.5. The number of guanidine groups is 1. The molecule has 370 valence electrons. The van der Waals surface area contributed by atoms with Crippen molar-refractivity contribution in [2.75, 3.05) is 13.7 Å². The van der Waals surface area contributed by atoms with E-state index in [1.165, 1.54) is 24.7 Å². The van der Waals surface area contributed by atoms with Gasteiger partial charge in [0.05, 0.1) is 23.0 Å². The van der Waals surface area contributed by atoms with Gasteiger partial charge in [-0.15, -0.1) is 13.2 Å². The van der Waals surface area contributed by atoms with E-state index in [1.807, 2.05) is 50.3 Å². The zero-order valence-corrected chi connectivity index (χ0v) is 41.9. The molecular formula is C51H65N7O10S. The maximum absolute atomic E-state index is 14.2. The summed E-state index contributed by atoms with van der Waals surface area (Å²) in [5.74, 6) is -2.48. The summed E-state index contributed by atoms with van der Waals surface area (Å²) >= 11 is 0. The number of esters is 1. The number of hydrogen-bond donors (Lipinski definition) is 5. The first-order valence-electron chi connectivity index (χ1n) is 22.6. The first-order valence-corrected chi connectivity index (χ1v) is 24.1. The first kappa shape index (κ1) is 53.0. The van der Waals surface area contributed by atoms with Gasteiger partial charge in [0.2, 0.25) is 23.7 Å². The molecule has 4 aromatic rings. The predicted octanol–water partition coefficient (Wildman–Crippen LogP) is 6.25. The number of benzene rings is 3. The average Bonchev–Trinajstić information content (AvgIpc) is 3.57. The van der Waals surface area contributed by atoms with E-state index in [4.69, 9.17) is 19.9 Å². The highest BCUT2D eigenvalue weighted by Gasteiger charge is 2.33. The second kappa shape index (κ2) is 21.6. The standard InChI is InChI=1S/C51H65N7O10S/c1-13-16-33-19-21-41-36(26-33)37-27-34(20-22-42(37)58(41)49(63)68-50(7,8)9)28-40(54-32(6)59)46(61)55-38(45(60)56-39(17-14-2)47(62)66-12)18-15-25-53-48(52)57-69(64,65)44-30(4)29(3)43-35(31(44)5)23-24-51(10,11)67-43/h13-14,19-24,26-27,38-40H,1-2,15-18,25,28H2,3-12H3,(H,54,59)(H,55,61)(H,56,60)(H3,52,53,57). The normalized spacial score (nSPS) is 14.7. The van der Waals surface area contributed by atoms with Crippen LogP contribution in [0.15, 0.2) is 77.7 Å². The Morgan fingerprint density at radius 3 is 2.09 bits per heavy atom. The molecule has 3 aromatic carbocycles. The van der Waals surface area contributed by atoms with E-state index in [-0.39, 0.29) is 37.1 Å². The highest BCUT2D eigenvalue weighted by molar-refractivity contribution is 7.90. The number of hydrogen-bond acceptors (Lipinski definition) is 11. The number of nitrogens with two attached hydrogens (primary N) is 1. The van der Waals surface area contributed by atoms with Crippen molar-refractivity contribution in [1.29, 1.82) is 0 Å². The van der Waals surface area contributed by atoms with Gasteiger partial charge in [0.25, 0.3) is 10.0 Å². The largest absolute Gasteiger partial charge is 0.483 e. The van der Waals surface area contributed by atoms with Crippen molar-refractivity contribution in [2.24, 2.45) is 10.7 Å². The van der Waals surface area contributed by atoms with Gasteiger partial charge in [-0.2, -0.15) is 0 Å². The van der Waals surface area contributed by atoms with Crippen LogP contribution in [-0.4, -0.2) is 91.7 Å². The third kappa shape index (κ3) is 12.8. The summed E-state index contributed by atoms with van der Waals surface area (Å²) in [6.07, 6.45) is 7.01.